The van der Waals surface area contributed by atoms with E-state index in [1.807, 2.05) is 0 Å². The van der Waals surface area contributed by atoms with Gasteiger partial charge in [-0.25, -0.2) is 4.79 Å². The Morgan fingerprint density at radius 2 is 1.62 bits per heavy atom. The lowest BCUT2D eigenvalue weighted by Crippen LogP contribution is -2.22. The van der Waals surface area contributed by atoms with Crippen molar-refractivity contribution in [2.24, 2.45) is 0 Å². The molecule has 0 radical (unpaired) electrons. The minimum atomic E-state index is -0.471. The lowest BCUT2D eigenvalue weighted by atomic mass is 10.1. The van der Waals surface area contributed by atoms with Crippen LogP contribution in [0.5, 0.6) is 0 Å². The lowest BCUT2D eigenvalue weighted by molar-refractivity contribution is -0.150. The van der Waals surface area contributed by atoms with Crippen molar-refractivity contribution in [1.29, 1.82) is 0 Å². The molecular weight excluding hydrogens is 402 g/mol. The largest absolute Gasteiger partial charge is 0.459 e. The van der Waals surface area contributed by atoms with Crippen molar-refractivity contribution >= 4 is 11.9 Å². The van der Waals surface area contributed by atoms with Gasteiger partial charge >= 0.3 is 11.9 Å². The molecule has 0 aliphatic rings. The van der Waals surface area contributed by atoms with Gasteiger partial charge in [0.2, 0.25) is 0 Å². The van der Waals surface area contributed by atoms with Crippen LogP contribution in [0.4, 0.5) is 0 Å². The minimum Gasteiger partial charge on any atom is -0.459 e. The average molecular weight is 442 g/mol. The number of esters is 2. The van der Waals surface area contributed by atoms with E-state index in [0.717, 1.165) is 32.1 Å². The molecule has 0 saturated heterocycles. The molecule has 0 fully saturated rings. The van der Waals surface area contributed by atoms with Crippen molar-refractivity contribution in [3.05, 3.63) is 66.5 Å². The molecule has 0 aromatic carbocycles. The molecular formula is C27H39NO4. The Hall–Kier alpha value is -2.69. The maximum absolute atomic E-state index is 11.9. The second-order valence-corrected chi connectivity index (χ2v) is 7.77. The Morgan fingerprint density at radius 3 is 2.25 bits per heavy atom. The van der Waals surface area contributed by atoms with E-state index in [4.69, 9.17) is 9.47 Å². The van der Waals surface area contributed by atoms with Crippen molar-refractivity contribution in [2.45, 2.75) is 84.2 Å². The molecule has 0 aliphatic carbocycles. The van der Waals surface area contributed by atoms with Crippen LogP contribution in [-0.2, 0) is 14.3 Å². The summed E-state index contributed by atoms with van der Waals surface area (Å²) < 4.78 is 10.4. The molecule has 0 bridgehead atoms. The number of hydrogen-bond donors (Lipinski definition) is 0. The molecule has 32 heavy (non-hydrogen) atoms. The maximum Gasteiger partial charge on any atom is 0.339 e. The van der Waals surface area contributed by atoms with Crippen LogP contribution in [0.15, 0.2) is 61.0 Å². The Kier molecular flexibility index (Phi) is 16.3. The van der Waals surface area contributed by atoms with E-state index >= 15 is 0 Å². The standard InChI is InChI=1S/C27H39NO4/c1-3-4-5-6-7-8-9-10-11-12-13-14-15-16-17-20-26(29)32-24(2)23-31-27(30)25-19-18-21-28-22-25/h7-8,10-11,13-14,18-19,21-22,24H,3-6,9,12,15-17,20,23H2,1-2H3. The summed E-state index contributed by atoms with van der Waals surface area (Å²) in [6.07, 6.45) is 25.9. The van der Waals surface area contributed by atoms with Gasteiger partial charge in [-0.05, 0) is 64.0 Å². The van der Waals surface area contributed by atoms with E-state index in [-0.39, 0.29) is 12.6 Å². The molecule has 176 valence electrons. The SMILES string of the molecule is CCCCCC=CCC=CCC=CCCCCC(=O)OC(C)COC(=O)c1cccnc1. The molecule has 1 rings (SSSR count). The first kappa shape index (κ1) is 27.3. The van der Waals surface area contributed by atoms with Crippen molar-refractivity contribution in [3.8, 4) is 0 Å². The monoisotopic (exact) mass is 441 g/mol. The molecule has 0 amide bonds. The van der Waals surface area contributed by atoms with Gasteiger partial charge in [-0.15, -0.1) is 0 Å². The molecule has 1 atom stereocenters. The van der Waals surface area contributed by atoms with Gasteiger partial charge in [-0.2, -0.15) is 0 Å². The van der Waals surface area contributed by atoms with Gasteiger partial charge in [0, 0.05) is 18.8 Å². The fraction of sp³-hybridized carbons (Fsp3) is 0.519. The summed E-state index contributed by atoms with van der Waals surface area (Å²) in [6, 6.07) is 3.30. The van der Waals surface area contributed by atoms with Crippen LogP contribution in [0.3, 0.4) is 0 Å². The van der Waals surface area contributed by atoms with Gasteiger partial charge in [-0.3, -0.25) is 9.78 Å². The van der Waals surface area contributed by atoms with Gasteiger partial charge in [-0.1, -0.05) is 56.2 Å². The van der Waals surface area contributed by atoms with Crippen LogP contribution >= 0.6 is 0 Å². The number of carbonyl (C=O) groups excluding carboxylic acids is 2. The van der Waals surface area contributed by atoms with Gasteiger partial charge in [0.05, 0.1) is 5.56 Å². The third kappa shape index (κ3) is 15.2. The van der Waals surface area contributed by atoms with Gasteiger partial charge < -0.3 is 9.47 Å². The minimum absolute atomic E-state index is 0.0321. The number of nitrogens with zero attached hydrogens (tertiary/aromatic N) is 1. The number of pyridine rings is 1. The maximum atomic E-state index is 11.9. The van der Waals surface area contributed by atoms with Crippen LogP contribution in [0.25, 0.3) is 0 Å². The molecule has 0 aliphatic heterocycles. The van der Waals surface area contributed by atoms with E-state index in [1.165, 1.54) is 31.9 Å². The first-order valence-electron chi connectivity index (χ1n) is 11.8. The zero-order valence-electron chi connectivity index (χ0n) is 19.7. The average Bonchev–Trinajstić information content (AvgIpc) is 2.80. The summed E-state index contributed by atoms with van der Waals surface area (Å²) in [6.45, 7) is 3.97. The summed E-state index contributed by atoms with van der Waals surface area (Å²) in [5.74, 6) is -0.730. The second kappa shape index (κ2) is 19.0. The predicted molar refractivity (Wildman–Crippen MR) is 129 cm³/mol. The van der Waals surface area contributed by atoms with E-state index in [9.17, 15) is 9.59 Å². The van der Waals surface area contributed by atoms with E-state index in [1.54, 1.807) is 25.3 Å². The number of hydrogen-bond acceptors (Lipinski definition) is 5. The van der Waals surface area contributed by atoms with Crippen molar-refractivity contribution < 1.29 is 19.1 Å². The van der Waals surface area contributed by atoms with E-state index < -0.39 is 12.1 Å². The Balaban J connectivity index is 2.00. The Labute approximate surface area is 193 Å². The second-order valence-electron chi connectivity index (χ2n) is 7.77. The van der Waals surface area contributed by atoms with E-state index in [2.05, 4.69) is 48.4 Å². The normalized spacial score (nSPS) is 12.6. The van der Waals surface area contributed by atoms with Crippen LogP contribution < -0.4 is 0 Å². The number of carbonyl (C=O) groups is 2. The van der Waals surface area contributed by atoms with Crippen LogP contribution in [0.2, 0.25) is 0 Å². The lowest BCUT2D eigenvalue weighted by Gasteiger charge is -2.13. The molecule has 0 N–H and O–H groups in total. The highest BCUT2D eigenvalue weighted by Gasteiger charge is 2.13. The number of unbranched alkanes of at least 4 members (excludes halogenated alkanes) is 5. The molecule has 1 aromatic heterocycles. The summed E-state index contributed by atoms with van der Waals surface area (Å²) in [4.78, 5) is 27.6. The number of rotatable bonds is 17. The van der Waals surface area contributed by atoms with Crippen molar-refractivity contribution in [3.63, 3.8) is 0 Å². The summed E-state index contributed by atoms with van der Waals surface area (Å²) >= 11 is 0. The fourth-order valence-electron chi connectivity index (χ4n) is 2.90. The highest BCUT2D eigenvalue weighted by molar-refractivity contribution is 5.88. The fourth-order valence-corrected chi connectivity index (χ4v) is 2.90. The zero-order chi connectivity index (χ0) is 23.3. The number of allylic oxidation sites excluding steroid dienone is 6. The van der Waals surface area contributed by atoms with E-state index in [0.29, 0.717) is 12.0 Å². The molecule has 5 heteroatoms. The third-order valence-corrected chi connectivity index (χ3v) is 4.70. The molecule has 0 spiro atoms. The summed E-state index contributed by atoms with van der Waals surface area (Å²) in [5.41, 5.74) is 0.379. The molecule has 0 saturated carbocycles. The zero-order valence-corrected chi connectivity index (χ0v) is 19.7. The van der Waals surface area contributed by atoms with Crippen molar-refractivity contribution in [1.82, 2.24) is 4.98 Å². The van der Waals surface area contributed by atoms with Crippen molar-refractivity contribution in [2.75, 3.05) is 6.61 Å². The molecule has 5 nitrogen and oxygen atoms in total. The topological polar surface area (TPSA) is 65.5 Å². The molecule has 1 aromatic rings. The number of aromatic nitrogens is 1. The van der Waals surface area contributed by atoms with Crippen LogP contribution in [-0.4, -0.2) is 29.6 Å². The smallest absolute Gasteiger partial charge is 0.339 e. The quantitative estimate of drug-likeness (QED) is 0.152. The van der Waals surface area contributed by atoms with Gasteiger partial charge in [0.25, 0.3) is 0 Å². The molecule has 1 unspecified atom stereocenters. The summed E-state index contributed by atoms with van der Waals surface area (Å²) in [5, 5.41) is 0. The highest BCUT2D eigenvalue weighted by atomic mass is 16.6. The van der Waals surface area contributed by atoms with Crippen LogP contribution in [0, 0.1) is 0 Å². The number of ether oxygens (including phenoxy) is 2. The van der Waals surface area contributed by atoms with Gasteiger partial charge in [0.15, 0.2) is 0 Å². The Bertz CT molecular complexity index is 710. The third-order valence-electron chi connectivity index (χ3n) is 4.70. The highest BCUT2D eigenvalue weighted by Crippen LogP contribution is 2.06. The van der Waals surface area contributed by atoms with Gasteiger partial charge in [0.1, 0.15) is 12.7 Å². The van der Waals surface area contributed by atoms with Crippen LogP contribution in [0.1, 0.15) is 88.4 Å². The first-order chi connectivity index (χ1) is 15.6. The summed E-state index contributed by atoms with van der Waals surface area (Å²) in [7, 11) is 0. The predicted octanol–water partition coefficient (Wildman–Crippen LogP) is 6.76. The molecule has 1 heterocycles. The first-order valence-corrected chi connectivity index (χ1v) is 11.8. The Morgan fingerprint density at radius 1 is 0.969 bits per heavy atom.